The first-order valence-electron chi connectivity index (χ1n) is 10.9. The quantitative estimate of drug-likeness (QED) is 0.639. The van der Waals surface area contributed by atoms with Crippen molar-refractivity contribution >= 4 is 15.9 Å². The second-order valence-corrected chi connectivity index (χ2v) is 10.3. The predicted octanol–water partition coefficient (Wildman–Crippen LogP) is 2.03. The number of hydrogen-bond donors (Lipinski definition) is 1. The van der Waals surface area contributed by atoms with Crippen molar-refractivity contribution in [1.29, 1.82) is 0 Å². The Morgan fingerprint density at radius 3 is 2.27 bits per heavy atom. The van der Waals surface area contributed by atoms with Gasteiger partial charge in [0, 0.05) is 57.4 Å². The molecule has 2 rings (SSSR count). The maximum Gasteiger partial charge on any atom is 0.251 e. The van der Waals surface area contributed by atoms with E-state index < -0.39 is 10.0 Å². The highest BCUT2D eigenvalue weighted by Crippen LogP contribution is 2.21. The van der Waals surface area contributed by atoms with Crippen LogP contribution >= 0.6 is 0 Å². The number of carbonyl (C=O) groups is 1. The Bertz CT molecular complexity index is 814. The maximum atomic E-state index is 13.0. The number of likely N-dealkylation sites (N-methyl/N-ethyl adjacent to an activating group) is 1. The fraction of sp³-hybridized carbons (Fsp3) is 0.682. The first-order valence-corrected chi connectivity index (χ1v) is 12.4. The van der Waals surface area contributed by atoms with E-state index in [9.17, 15) is 13.2 Å². The third-order valence-electron chi connectivity index (χ3n) is 6.02. The summed E-state index contributed by atoms with van der Waals surface area (Å²) in [5.41, 5.74) is 1.03. The van der Waals surface area contributed by atoms with Crippen LogP contribution in [0.25, 0.3) is 0 Å². The molecule has 1 amide bonds. The Morgan fingerprint density at radius 2 is 1.73 bits per heavy atom. The van der Waals surface area contributed by atoms with Gasteiger partial charge in [-0.25, -0.2) is 8.42 Å². The third kappa shape index (κ3) is 5.81. The zero-order valence-electron chi connectivity index (χ0n) is 19.3. The lowest BCUT2D eigenvalue weighted by Gasteiger charge is -2.39. The summed E-state index contributed by atoms with van der Waals surface area (Å²) in [7, 11) is -1.48. The molecule has 0 aromatic heterocycles. The summed E-state index contributed by atoms with van der Waals surface area (Å²) < 4.78 is 27.3. The maximum absolute atomic E-state index is 13.0. The van der Waals surface area contributed by atoms with Crippen LogP contribution in [0.2, 0.25) is 0 Å². The Labute approximate surface area is 182 Å². The van der Waals surface area contributed by atoms with Gasteiger partial charge < -0.3 is 10.2 Å². The average Bonchev–Trinajstić information content (AvgIpc) is 2.70. The zero-order chi connectivity index (χ0) is 22.5. The molecule has 8 heteroatoms. The molecule has 30 heavy (non-hydrogen) atoms. The van der Waals surface area contributed by atoms with Crippen molar-refractivity contribution in [3.63, 3.8) is 0 Å². The fourth-order valence-corrected chi connectivity index (χ4v) is 5.67. The summed E-state index contributed by atoms with van der Waals surface area (Å²) in [6, 6.07) is 5.18. The molecule has 1 aromatic carbocycles. The summed E-state index contributed by atoms with van der Waals surface area (Å²) in [5, 5.41) is 3.04. The van der Waals surface area contributed by atoms with Gasteiger partial charge in [-0.05, 0) is 37.6 Å². The highest BCUT2D eigenvalue weighted by Gasteiger charge is 2.27. The van der Waals surface area contributed by atoms with Crippen LogP contribution in [0.4, 0.5) is 0 Å². The van der Waals surface area contributed by atoms with E-state index in [1.165, 1.54) is 10.4 Å². The standard InChI is InChI=1S/C22H38N4O3S/c1-7-26(8-2)30(28,29)21-15-19(10-9-18(21)5)22(27)23-16-20(17(3)4)25-13-11-24(6)12-14-25/h9-10,15,17,20H,7-8,11-14,16H2,1-6H3,(H,23,27). The molecule has 0 saturated carbocycles. The van der Waals surface area contributed by atoms with Gasteiger partial charge in [0.2, 0.25) is 10.0 Å². The normalized spacial score (nSPS) is 17.5. The van der Waals surface area contributed by atoms with Gasteiger partial charge >= 0.3 is 0 Å². The number of carbonyl (C=O) groups excluding carboxylic acids is 1. The average molecular weight is 439 g/mol. The minimum atomic E-state index is -3.61. The minimum absolute atomic E-state index is 0.207. The molecule has 1 unspecified atom stereocenters. The van der Waals surface area contributed by atoms with Crippen LogP contribution in [0.3, 0.4) is 0 Å². The molecule has 0 aliphatic carbocycles. The fourth-order valence-electron chi connectivity index (χ4n) is 3.96. The second-order valence-electron chi connectivity index (χ2n) is 8.43. The molecule has 1 heterocycles. The highest BCUT2D eigenvalue weighted by molar-refractivity contribution is 7.89. The van der Waals surface area contributed by atoms with E-state index in [4.69, 9.17) is 0 Å². The third-order valence-corrected chi connectivity index (χ3v) is 8.21. The number of piperazine rings is 1. The smallest absolute Gasteiger partial charge is 0.251 e. The Kier molecular flexibility index (Phi) is 8.85. The van der Waals surface area contributed by atoms with Crippen molar-refractivity contribution in [2.24, 2.45) is 5.92 Å². The SMILES string of the molecule is CCN(CC)S(=O)(=O)c1cc(C(=O)NCC(C(C)C)N2CCN(C)CC2)ccc1C. The van der Waals surface area contributed by atoms with Crippen molar-refractivity contribution < 1.29 is 13.2 Å². The number of sulfonamides is 1. The molecule has 1 aliphatic heterocycles. The van der Waals surface area contributed by atoms with Crippen LogP contribution in [0.5, 0.6) is 0 Å². The van der Waals surface area contributed by atoms with Gasteiger partial charge in [0.1, 0.15) is 0 Å². The van der Waals surface area contributed by atoms with E-state index in [-0.39, 0.29) is 16.8 Å². The van der Waals surface area contributed by atoms with Crippen molar-refractivity contribution in [3.8, 4) is 0 Å². The topological polar surface area (TPSA) is 73.0 Å². The summed E-state index contributed by atoms with van der Waals surface area (Å²) in [5.74, 6) is 0.177. The number of aryl methyl sites for hydroxylation is 1. The molecule has 1 aliphatic rings. The monoisotopic (exact) mass is 438 g/mol. The molecule has 170 valence electrons. The van der Waals surface area contributed by atoms with E-state index in [1.54, 1.807) is 19.1 Å². The zero-order valence-corrected chi connectivity index (χ0v) is 20.1. The second kappa shape index (κ2) is 10.7. The largest absolute Gasteiger partial charge is 0.350 e. The molecule has 7 nitrogen and oxygen atoms in total. The molecule has 1 atom stereocenters. The van der Waals surface area contributed by atoms with E-state index in [1.807, 2.05) is 13.8 Å². The predicted molar refractivity (Wildman–Crippen MR) is 121 cm³/mol. The molecule has 1 N–H and O–H groups in total. The van der Waals surface area contributed by atoms with Crippen LogP contribution in [-0.4, -0.2) is 87.3 Å². The molecular weight excluding hydrogens is 400 g/mol. The van der Waals surface area contributed by atoms with Crippen molar-refractivity contribution in [1.82, 2.24) is 19.4 Å². The molecule has 1 aromatic rings. The van der Waals surface area contributed by atoms with Gasteiger partial charge in [-0.15, -0.1) is 0 Å². The molecule has 1 saturated heterocycles. The number of nitrogens with one attached hydrogen (secondary N) is 1. The van der Waals surface area contributed by atoms with Gasteiger partial charge in [0.05, 0.1) is 4.90 Å². The van der Waals surface area contributed by atoms with Crippen LogP contribution in [0.1, 0.15) is 43.6 Å². The van der Waals surface area contributed by atoms with Crippen molar-refractivity contribution in [2.75, 3.05) is 52.9 Å². The van der Waals surface area contributed by atoms with E-state index in [0.717, 1.165) is 26.2 Å². The van der Waals surface area contributed by atoms with E-state index in [2.05, 4.69) is 36.0 Å². The van der Waals surface area contributed by atoms with Crippen LogP contribution in [-0.2, 0) is 10.0 Å². The summed E-state index contributed by atoms with van der Waals surface area (Å²) in [4.78, 5) is 17.8. The molecule has 0 bridgehead atoms. The first-order chi connectivity index (χ1) is 14.1. The Morgan fingerprint density at radius 1 is 1.13 bits per heavy atom. The Hall–Kier alpha value is -1.48. The van der Waals surface area contributed by atoms with E-state index >= 15 is 0 Å². The molecule has 0 spiro atoms. The van der Waals surface area contributed by atoms with Crippen molar-refractivity contribution in [3.05, 3.63) is 29.3 Å². The van der Waals surface area contributed by atoms with Gasteiger partial charge in [-0.3, -0.25) is 9.69 Å². The van der Waals surface area contributed by atoms with Crippen LogP contribution < -0.4 is 5.32 Å². The summed E-state index contributed by atoms with van der Waals surface area (Å²) in [6.07, 6.45) is 0. The highest BCUT2D eigenvalue weighted by atomic mass is 32.2. The van der Waals surface area contributed by atoms with E-state index in [0.29, 0.717) is 36.7 Å². The summed E-state index contributed by atoms with van der Waals surface area (Å²) in [6.45, 7) is 15.1. The number of rotatable bonds is 9. The lowest BCUT2D eigenvalue weighted by atomic mass is 10.0. The van der Waals surface area contributed by atoms with Gasteiger partial charge in [-0.1, -0.05) is 33.8 Å². The lowest BCUT2D eigenvalue weighted by molar-refractivity contribution is 0.0791. The number of amides is 1. The lowest BCUT2D eigenvalue weighted by Crippen LogP contribution is -2.54. The molecular formula is C22H38N4O3S. The van der Waals surface area contributed by atoms with Crippen LogP contribution in [0, 0.1) is 12.8 Å². The van der Waals surface area contributed by atoms with Gasteiger partial charge in [0.15, 0.2) is 0 Å². The van der Waals surface area contributed by atoms with Crippen molar-refractivity contribution in [2.45, 2.75) is 45.6 Å². The molecule has 1 fully saturated rings. The number of nitrogens with zero attached hydrogens (tertiary/aromatic N) is 3. The Balaban J connectivity index is 2.15. The summed E-state index contributed by atoms with van der Waals surface area (Å²) >= 11 is 0. The molecule has 0 radical (unpaired) electrons. The minimum Gasteiger partial charge on any atom is -0.350 e. The first kappa shape index (κ1) is 24.8. The van der Waals surface area contributed by atoms with Gasteiger partial charge in [-0.2, -0.15) is 4.31 Å². The van der Waals surface area contributed by atoms with Crippen LogP contribution in [0.15, 0.2) is 23.1 Å². The number of hydrogen-bond acceptors (Lipinski definition) is 5. The number of benzene rings is 1. The van der Waals surface area contributed by atoms with Gasteiger partial charge in [0.25, 0.3) is 5.91 Å².